The van der Waals surface area contributed by atoms with Crippen molar-refractivity contribution in [2.75, 3.05) is 12.0 Å². The maximum absolute atomic E-state index is 6.17. The topological polar surface area (TPSA) is 61.2 Å². The van der Waals surface area contributed by atoms with Crippen LogP contribution in [0.1, 0.15) is 18.1 Å². The van der Waals surface area contributed by atoms with E-state index >= 15 is 0 Å². The molecule has 0 aliphatic heterocycles. The van der Waals surface area contributed by atoms with Crippen molar-refractivity contribution in [2.24, 2.45) is 0 Å². The Morgan fingerprint density at radius 2 is 1.84 bits per heavy atom. The van der Waals surface area contributed by atoms with Crippen molar-refractivity contribution in [3.05, 3.63) is 71.3 Å². The van der Waals surface area contributed by atoms with Crippen LogP contribution in [0, 0.1) is 0 Å². The molecular formula is C18H19ClN4O2. The number of halogens is 1. The van der Waals surface area contributed by atoms with E-state index in [4.69, 9.17) is 21.1 Å². The van der Waals surface area contributed by atoms with Crippen molar-refractivity contribution in [3.8, 4) is 11.5 Å². The summed E-state index contributed by atoms with van der Waals surface area (Å²) in [5.74, 6) is 1.40. The van der Waals surface area contributed by atoms with Gasteiger partial charge < -0.3 is 14.9 Å². The Labute approximate surface area is 151 Å². The Morgan fingerprint density at radius 3 is 2.60 bits per heavy atom. The van der Waals surface area contributed by atoms with Crippen LogP contribution in [0.4, 0.5) is 0 Å². The zero-order valence-corrected chi connectivity index (χ0v) is 14.6. The van der Waals surface area contributed by atoms with Gasteiger partial charge in [0.25, 0.3) is 0 Å². The Morgan fingerprint density at radius 1 is 1.04 bits per heavy atom. The van der Waals surface area contributed by atoms with Crippen LogP contribution in [-0.4, -0.2) is 21.5 Å². The summed E-state index contributed by atoms with van der Waals surface area (Å²) in [7, 11) is 0. The lowest BCUT2D eigenvalue weighted by atomic mass is 10.2. The minimum Gasteiger partial charge on any atom is -0.490 e. The molecule has 3 aromatic rings. The maximum atomic E-state index is 6.17. The molecule has 0 fully saturated rings. The molecule has 0 unspecified atom stereocenters. The Balaban J connectivity index is 1.69. The molecule has 0 atom stereocenters. The van der Waals surface area contributed by atoms with Gasteiger partial charge in [-0.15, -0.1) is 10.2 Å². The molecule has 0 aliphatic carbocycles. The summed E-state index contributed by atoms with van der Waals surface area (Å²) < 4.78 is 13.3. The van der Waals surface area contributed by atoms with Gasteiger partial charge in [-0.3, -0.25) is 0 Å². The molecule has 0 amide bonds. The molecule has 0 saturated heterocycles. The van der Waals surface area contributed by atoms with Gasteiger partial charge >= 0.3 is 0 Å². The first-order valence-corrected chi connectivity index (χ1v) is 8.34. The van der Waals surface area contributed by atoms with Crippen LogP contribution < -0.4 is 14.9 Å². The predicted molar refractivity (Wildman–Crippen MR) is 96.5 cm³/mol. The number of hydrogen-bond donors (Lipinski definition) is 1. The van der Waals surface area contributed by atoms with E-state index < -0.39 is 0 Å². The van der Waals surface area contributed by atoms with Crippen molar-refractivity contribution >= 4 is 11.6 Å². The van der Waals surface area contributed by atoms with Crippen molar-refractivity contribution in [2.45, 2.75) is 20.1 Å². The zero-order chi connectivity index (χ0) is 17.5. The van der Waals surface area contributed by atoms with Crippen LogP contribution in [0.2, 0.25) is 5.02 Å². The van der Waals surface area contributed by atoms with Crippen molar-refractivity contribution in [1.29, 1.82) is 0 Å². The summed E-state index contributed by atoms with van der Waals surface area (Å²) in [5, 5.41) is 8.19. The highest BCUT2D eigenvalue weighted by atomic mass is 35.5. The summed E-state index contributed by atoms with van der Waals surface area (Å²) in [6.45, 7) is 3.51. The van der Waals surface area contributed by atoms with Gasteiger partial charge in [0.05, 0.1) is 13.2 Å². The number of hydrogen-bond acceptors (Lipinski definition) is 5. The zero-order valence-electron chi connectivity index (χ0n) is 13.9. The van der Waals surface area contributed by atoms with E-state index in [2.05, 4.69) is 15.6 Å². The molecule has 1 heterocycles. The number of benzene rings is 2. The lowest BCUT2D eigenvalue weighted by Gasteiger charge is -2.14. The molecule has 0 radical (unpaired) electrons. The van der Waals surface area contributed by atoms with Gasteiger partial charge in [0.15, 0.2) is 11.5 Å². The number of ether oxygens (including phenoxy) is 2. The van der Waals surface area contributed by atoms with Gasteiger partial charge in [0.2, 0.25) is 0 Å². The van der Waals surface area contributed by atoms with Crippen LogP contribution in [0.5, 0.6) is 11.5 Å². The molecule has 25 heavy (non-hydrogen) atoms. The molecule has 6 nitrogen and oxygen atoms in total. The summed E-state index contributed by atoms with van der Waals surface area (Å²) in [6.07, 6.45) is 3.20. The van der Waals surface area contributed by atoms with Gasteiger partial charge in [-0.2, -0.15) is 0 Å². The third-order valence-corrected chi connectivity index (χ3v) is 3.90. The average Bonchev–Trinajstić information content (AvgIpc) is 3.14. The average molecular weight is 359 g/mol. The van der Waals surface area contributed by atoms with Crippen molar-refractivity contribution in [1.82, 2.24) is 14.9 Å². The van der Waals surface area contributed by atoms with E-state index in [9.17, 15) is 0 Å². The van der Waals surface area contributed by atoms with Crippen molar-refractivity contribution < 1.29 is 9.47 Å². The molecule has 2 aromatic carbocycles. The fourth-order valence-electron chi connectivity index (χ4n) is 2.29. The van der Waals surface area contributed by atoms with Crippen LogP contribution in [0.25, 0.3) is 0 Å². The Hall–Kier alpha value is -2.73. The highest BCUT2D eigenvalue weighted by molar-refractivity contribution is 6.31. The van der Waals surface area contributed by atoms with Gasteiger partial charge in [-0.05, 0) is 30.7 Å². The second kappa shape index (κ2) is 8.39. The summed E-state index contributed by atoms with van der Waals surface area (Å²) >= 11 is 6.17. The fraction of sp³-hybridized carbons (Fsp3) is 0.222. The normalized spacial score (nSPS) is 10.5. The largest absolute Gasteiger partial charge is 0.490 e. The molecule has 7 heteroatoms. The van der Waals surface area contributed by atoms with E-state index in [0.29, 0.717) is 36.3 Å². The minimum absolute atomic E-state index is 0.387. The molecule has 0 spiro atoms. The molecule has 0 aliphatic rings. The first kappa shape index (κ1) is 17.1. The van der Waals surface area contributed by atoms with Gasteiger partial charge in [0.1, 0.15) is 19.3 Å². The standard InChI is InChI=1S/C18H19ClN4O2/c1-2-24-18-9-14(10-22-23-12-20-21-13-23)7-8-17(18)25-11-15-5-3-4-6-16(15)19/h3-9,12-13,22H,2,10-11H2,1H3. The number of aromatic nitrogens is 3. The summed E-state index contributed by atoms with van der Waals surface area (Å²) in [6, 6.07) is 13.5. The second-order valence-corrected chi connectivity index (χ2v) is 5.71. The summed E-state index contributed by atoms with van der Waals surface area (Å²) in [5.41, 5.74) is 5.17. The number of rotatable bonds is 8. The SMILES string of the molecule is CCOc1cc(CNn2cnnc2)ccc1OCc1ccccc1Cl. The van der Waals surface area contributed by atoms with Crippen molar-refractivity contribution in [3.63, 3.8) is 0 Å². The smallest absolute Gasteiger partial charge is 0.161 e. The van der Waals surface area contributed by atoms with Gasteiger partial charge in [0, 0.05) is 10.6 Å². The molecule has 1 aromatic heterocycles. The first-order valence-electron chi connectivity index (χ1n) is 7.96. The maximum Gasteiger partial charge on any atom is 0.161 e. The lowest BCUT2D eigenvalue weighted by molar-refractivity contribution is 0.269. The highest BCUT2D eigenvalue weighted by Crippen LogP contribution is 2.30. The van der Waals surface area contributed by atoms with Crippen LogP contribution in [0.15, 0.2) is 55.1 Å². The van der Waals surface area contributed by atoms with Crippen LogP contribution in [-0.2, 0) is 13.2 Å². The van der Waals surface area contributed by atoms with E-state index in [1.165, 1.54) is 0 Å². The summed E-state index contributed by atoms with van der Waals surface area (Å²) in [4.78, 5) is 0. The Kier molecular flexibility index (Phi) is 5.74. The third kappa shape index (κ3) is 4.64. The monoisotopic (exact) mass is 358 g/mol. The molecular weight excluding hydrogens is 340 g/mol. The third-order valence-electron chi connectivity index (χ3n) is 3.53. The molecule has 1 N–H and O–H groups in total. The van der Waals surface area contributed by atoms with Gasteiger partial charge in [-0.25, -0.2) is 4.68 Å². The van der Waals surface area contributed by atoms with E-state index in [1.54, 1.807) is 17.3 Å². The fourth-order valence-corrected chi connectivity index (χ4v) is 2.48. The van der Waals surface area contributed by atoms with Gasteiger partial charge in [-0.1, -0.05) is 35.9 Å². The molecule has 0 bridgehead atoms. The molecule has 0 saturated carbocycles. The lowest BCUT2D eigenvalue weighted by Crippen LogP contribution is -2.12. The molecule has 3 rings (SSSR count). The minimum atomic E-state index is 0.387. The first-order chi connectivity index (χ1) is 12.3. The molecule has 130 valence electrons. The highest BCUT2D eigenvalue weighted by Gasteiger charge is 2.08. The Bertz CT molecular complexity index is 809. The number of nitrogens with zero attached hydrogens (tertiary/aromatic N) is 3. The van der Waals surface area contributed by atoms with Crippen LogP contribution in [0.3, 0.4) is 0 Å². The van der Waals surface area contributed by atoms with E-state index in [-0.39, 0.29) is 0 Å². The number of nitrogens with one attached hydrogen (secondary N) is 1. The quantitative estimate of drug-likeness (QED) is 0.666. The van der Waals surface area contributed by atoms with Crippen LogP contribution >= 0.6 is 11.6 Å². The second-order valence-electron chi connectivity index (χ2n) is 5.30. The van der Waals surface area contributed by atoms with E-state index in [0.717, 1.165) is 11.1 Å². The van der Waals surface area contributed by atoms with E-state index in [1.807, 2.05) is 49.4 Å². The predicted octanol–water partition coefficient (Wildman–Crippen LogP) is 3.65.